The third-order valence-corrected chi connectivity index (χ3v) is 4.51. The number of carbonyl (C=O) groups excluding carboxylic acids is 1. The molecule has 0 bridgehead atoms. The maximum Gasteiger partial charge on any atom is 0.254 e. The van der Waals surface area contributed by atoms with Crippen LogP contribution < -0.4 is 4.74 Å². The van der Waals surface area contributed by atoms with E-state index < -0.39 is 0 Å². The summed E-state index contributed by atoms with van der Waals surface area (Å²) >= 11 is 3.43. The van der Waals surface area contributed by atoms with Gasteiger partial charge in [0.25, 0.3) is 5.91 Å². The molecule has 0 N–H and O–H groups in total. The van der Waals surface area contributed by atoms with Gasteiger partial charge >= 0.3 is 0 Å². The summed E-state index contributed by atoms with van der Waals surface area (Å²) in [6.07, 6.45) is 2.50. The first-order valence-electron chi connectivity index (χ1n) is 7.67. The van der Waals surface area contributed by atoms with Gasteiger partial charge in [-0.15, -0.1) is 0 Å². The number of benzene rings is 1. The third kappa shape index (κ3) is 3.72. The predicted molar refractivity (Wildman–Crippen MR) is 92.8 cm³/mol. The Morgan fingerprint density at radius 1 is 1.30 bits per heavy atom. The molecular formula is C18H19BrN2O2. The van der Waals surface area contributed by atoms with Gasteiger partial charge in [-0.1, -0.05) is 17.2 Å². The summed E-state index contributed by atoms with van der Waals surface area (Å²) in [4.78, 5) is 18.7. The zero-order valence-corrected chi connectivity index (χ0v) is 14.8. The van der Waals surface area contributed by atoms with E-state index in [0.717, 1.165) is 27.6 Å². The van der Waals surface area contributed by atoms with Gasteiger partial charge in [-0.25, -0.2) is 4.98 Å². The number of rotatable bonds is 3. The number of aromatic nitrogens is 1. The van der Waals surface area contributed by atoms with E-state index in [4.69, 9.17) is 4.74 Å². The van der Waals surface area contributed by atoms with Crippen LogP contribution in [0.3, 0.4) is 0 Å². The molecule has 3 rings (SSSR count). The number of hydrogen-bond acceptors (Lipinski definition) is 3. The van der Waals surface area contributed by atoms with E-state index in [1.54, 1.807) is 6.20 Å². The number of aryl methyl sites for hydroxylation is 2. The van der Waals surface area contributed by atoms with Crippen molar-refractivity contribution in [2.75, 3.05) is 13.1 Å². The SMILES string of the molecule is Cc1cc(C)cc(C(=O)N2CCC(Oc3ncccc3Br)C2)c1. The van der Waals surface area contributed by atoms with E-state index in [1.165, 1.54) is 0 Å². The first-order chi connectivity index (χ1) is 11.0. The molecule has 1 aliphatic heterocycles. The fraction of sp³-hybridized carbons (Fsp3) is 0.333. The summed E-state index contributed by atoms with van der Waals surface area (Å²) in [5.74, 6) is 0.654. The smallest absolute Gasteiger partial charge is 0.254 e. The highest BCUT2D eigenvalue weighted by molar-refractivity contribution is 9.10. The number of pyridine rings is 1. The van der Waals surface area contributed by atoms with Gasteiger partial charge in [0.2, 0.25) is 5.88 Å². The largest absolute Gasteiger partial charge is 0.472 e. The molecule has 4 nitrogen and oxygen atoms in total. The average molecular weight is 375 g/mol. The van der Waals surface area contributed by atoms with Crippen molar-refractivity contribution in [3.63, 3.8) is 0 Å². The van der Waals surface area contributed by atoms with E-state index in [0.29, 0.717) is 19.0 Å². The molecule has 0 spiro atoms. The van der Waals surface area contributed by atoms with Crippen LogP contribution >= 0.6 is 15.9 Å². The molecule has 120 valence electrons. The van der Waals surface area contributed by atoms with Crippen molar-refractivity contribution in [3.8, 4) is 5.88 Å². The average Bonchev–Trinajstić information content (AvgIpc) is 2.96. The van der Waals surface area contributed by atoms with E-state index in [2.05, 4.69) is 27.0 Å². The molecule has 5 heteroatoms. The highest BCUT2D eigenvalue weighted by atomic mass is 79.9. The maximum absolute atomic E-state index is 12.7. The van der Waals surface area contributed by atoms with Gasteiger partial charge in [-0.2, -0.15) is 0 Å². The van der Waals surface area contributed by atoms with E-state index in [1.807, 2.05) is 43.0 Å². The zero-order valence-electron chi connectivity index (χ0n) is 13.3. The molecule has 1 aromatic heterocycles. The summed E-state index contributed by atoms with van der Waals surface area (Å²) in [6.45, 7) is 5.33. The zero-order chi connectivity index (χ0) is 16.4. The number of hydrogen-bond donors (Lipinski definition) is 0. The lowest BCUT2D eigenvalue weighted by Crippen LogP contribution is -2.31. The fourth-order valence-electron chi connectivity index (χ4n) is 2.91. The fourth-order valence-corrected chi connectivity index (χ4v) is 3.25. The molecule has 1 aromatic carbocycles. The summed E-state index contributed by atoms with van der Waals surface area (Å²) in [5.41, 5.74) is 2.97. The Morgan fingerprint density at radius 3 is 2.74 bits per heavy atom. The van der Waals surface area contributed by atoms with Gasteiger partial charge in [-0.05, 0) is 54.0 Å². The lowest BCUT2D eigenvalue weighted by Gasteiger charge is -2.18. The van der Waals surface area contributed by atoms with Crippen molar-refractivity contribution < 1.29 is 9.53 Å². The Kier molecular flexibility index (Phi) is 4.66. The number of halogens is 1. The van der Waals surface area contributed by atoms with Crippen LogP contribution in [0, 0.1) is 13.8 Å². The maximum atomic E-state index is 12.7. The van der Waals surface area contributed by atoms with E-state index >= 15 is 0 Å². The minimum atomic E-state index is -0.0175. The molecule has 0 radical (unpaired) electrons. The van der Waals surface area contributed by atoms with Gasteiger partial charge in [0.05, 0.1) is 11.0 Å². The van der Waals surface area contributed by atoms with Crippen molar-refractivity contribution in [2.24, 2.45) is 0 Å². The van der Waals surface area contributed by atoms with Gasteiger partial charge in [-0.3, -0.25) is 4.79 Å². The Morgan fingerprint density at radius 2 is 2.04 bits per heavy atom. The molecule has 23 heavy (non-hydrogen) atoms. The van der Waals surface area contributed by atoms with Crippen LogP contribution in [0.5, 0.6) is 5.88 Å². The van der Waals surface area contributed by atoms with E-state index in [9.17, 15) is 4.79 Å². The Bertz CT molecular complexity index is 712. The van der Waals surface area contributed by atoms with Gasteiger partial charge in [0.1, 0.15) is 6.10 Å². The molecule has 1 atom stereocenters. The minimum Gasteiger partial charge on any atom is -0.472 e. The van der Waals surface area contributed by atoms with Crippen LogP contribution in [0.15, 0.2) is 41.0 Å². The monoisotopic (exact) mass is 374 g/mol. The van der Waals surface area contributed by atoms with Crippen LogP contribution in [-0.2, 0) is 0 Å². The molecule has 2 aromatic rings. The Balaban J connectivity index is 1.67. The second-order valence-electron chi connectivity index (χ2n) is 5.95. The predicted octanol–water partition coefficient (Wildman–Crippen LogP) is 3.75. The van der Waals surface area contributed by atoms with Crippen LogP contribution in [0.4, 0.5) is 0 Å². The number of ether oxygens (including phenoxy) is 1. The van der Waals surface area contributed by atoms with Crippen LogP contribution in [0.1, 0.15) is 27.9 Å². The summed E-state index contributed by atoms with van der Waals surface area (Å²) in [7, 11) is 0. The minimum absolute atomic E-state index is 0.0175. The van der Waals surface area contributed by atoms with Gasteiger partial charge in [0, 0.05) is 24.7 Å². The molecule has 1 aliphatic rings. The van der Waals surface area contributed by atoms with Crippen LogP contribution in [0.2, 0.25) is 0 Å². The second kappa shape index (κ2) is 6.71. The van der Waals surface area contributed by atoms with Gasteiger partial charge < -0.3 is 9.64 Å². The topological polar surface area (TPSA) is 42.4 Å². The van der Waals surface area contributed by atoms with Crippen molar-refractivity contribution in [2.45, 2.75) is 26.4 Å². The molecule has 2 heterocycles. The first-order valence-corrected chi connectivity index (χ1v) is 8.47. The Hall–Kier alpha value is -1.88. The number of nitrogens with zero attached hydrogens (tertiary/aromatic N) is 2. The number of likely N-dealkylation sites (tertiary alicyclic amines) is 1. The highest BCUT2D eigenvalue weighted by Crippen LogP contribution is 2.25. The lowest BCUT2D eigenvalue weighted by atomic mass is 10.1. The number of carbonyl (C=O) groups is 1. The first kappa shape index (κ1) is 16.0. The van der Waals surface area contributed by atoms with Crippen molar-refractivity contribution in [1.82, 2.24) is 9.88 Å². The van der Waals surface area contributed by atoms with Crippen molar-refractivity contribution in [1.29, 1.82) is 0 Å². The number of amides is 1. The second-order valence-corrected chi connectivity index (χ2v) is 6.80. The summed E-state index contributed by atoms with van der Waals surface area (Å²) < 4.78 is 6.75. The summed E-state index contributed by atoms with van der Waals surface area (Å²) in [6, 6.07) is 9.71. The van der Waals surface area contributed by atoms with Crippen LogP contribution in [0.25, 0.3) is 0 Å². The molecule has 0 aliphatic carbocycles. The molecule has 1 amide bonds. The standard InChI is InChI=1S/C18H19BrN2O2/c1-12-8-13(2)10-14(9-12)18(22)21-7-5-15(11-21)23-17-16(19)4-3-6-20-17/h3-4,6,8-10,15H,5,7,11H2,1-2H3. The van der Waals surface area contributed by atoms with Crippen molar-refractivity contribution >= 4 is 21.8 Å². The summed E-state index contributed by atoms with van der Waals surface area (Å²) in [5, 5.41) is 0. The molecule has 1 saturated heterocycles. The van der Waals surface area contributed by atoms with Crippen LogP contribution in [-0.4, -0.2) is 35.0 Å². The van der Waals surface area contributed by atoms with Gasteiger partial charge in [0.15, 0.2) is 0 Å². The van der Waals surface area contributed by atoms with E-state index in [-0.39, 0.29) is 12.0 Å². The third-order valence-electron chi connectivity index (χ3n) is 3.90. The molecule has 0 saturated carbocycles. The highest BCUT2D eigenvalue weighted by Gasteiger charge is 2.29. The molecule has 1 unspecified atom stereocenters. The lowest BCUT2D eigenvalue weighted by molar-refractivity contribution is 0.0771. The van der Waals surface area contributed by atoms with Crippen molar-refractivity contribution in [3.05, 3.63) is 57.7 Å². The quantitative estimate of drug-likeness (QED) is 0.821. The Labute approximate surface area is 144 Å². The molecular weight excluding hydrogens is 356 g/mol. The molecule has 1 fully saturated rings. The normalized spacial score (nSPS) is 17.3.